The van der Waals surface area contributed by atoms with E-state index >= 15 is 0 Å². The first-order chi connectivity index (χ1) is 9.52. The standard InChI is InChI=1S/C14H11Cl2NO3/c1-3-4-19-13-9(5-10(15)7-12(13)16)6-11-8(2)17-20-14(11)18/h3,5-7H,1,4H2,2H3/b11-6-. The van der Waals surface area contributed by atoms with Crippen LogP contribution in [0.3, 0.4) is 0 Å². The van der Waals surface area contributed by atoms with E-state index in [9.17, 15) is 4.79 Å². The fourth-order valence-corrected chi connectivity index (χ4v) is 2.22. The number of hydrogen-bond acceptors (Lipinski definition) is 4. The Kier molecular flexibility index (Phi) is 4.47. The number of carbonyl (C=O) groups is 1. The van der Waals surface area contributed by atoms with Crippen LogP contribution in [-0.4, -0.2) is 18.3 Å². The molecule has 4 nitrogen and oxygen atoms in total. The summed E-state index contributed by atoms with van der Waals surface area (Å²) in [6, 6.07) is 3.22. The van der Waals surface area contributed by atoms with Gasteiger partial charge in [-0.1, -0.05) is 41.0 Å². The number of hydrogen-bond donors (Lipinski definition) is 0. The van der Waals surface area contributed by atoms with Crippen molar-refractivity contribution in [3.63, 3.8) is 0 Å². The molecule has 0 saturated heterocycles. The lowest BCUT2D eigenvalue weighted by Gasteiger charge is -2.10. The maximum absolute atomic E-state index is 11.6. The first kappa shape index (κ1) is 14.6. The molecule has 0 unspecified atom stereocenters. The third kappa shape index (κ3) is 3.03. The summed E-state index contributed by atoms with van der Waals surface area (Å²) in [5.41, 5.74) is 1.40. The van der Waals surface area contributed by atoms with Crippen molar-refractivity contribution in [2.75, 3.05) is 6.61 Å². The molecule has 0 radical (unpaired) electrons. The molecule has 0 fully saturated rings. The van der Waals surface area contributed by atoms with Crippen LogP contribution in [0.5, 0.6) is 5.75 Å². The van der Waals surface area contributed by atoms with Gasteiger partial charge in [0, 0.05) is 10.6 Å². The molecule has 1 aromatic carbocycles. The topological polar surface area (TPSA) is 47.9 Å². The quantitative estimate of drug-likeness (QED) is 0.482. The number of nitrogens with zero attached hydrogens (tertiary/aromatic N) is 1. The van der Waals surface area contributed by atoms with Gasteiger partial charge in [-0.25, -0.2) is 4.79 Å². The molecule has 1 aliphatic heterocycles. The Balaban J connectivity index is 2.49. The van der Waals surface area contributed by atoms with Crippen molar-refractivity contribution in [2.45, 2.75) is 6.92 Å². The summed E-state index contributed by atoms with van der Waals surface area (Å²) in [5, 5.41) is 4.40. The summed E-state index contributed by atoms with van der Waals surface area (Å²) in [4.78, 5) is 16.1. The minimum atomic E-state index is -0.520. The van der Waals surface area contributed by atoms with Gasteiger partial charge in [-0.05, 0) is 25.1 Å². The van der Waals surface area contributed by atoms with Gasteiger partial charge in [-0.3, -0.25) is 0 Å². The number of ether oxygens (including phenoxy) is 1. The van der Waals surface area contributed by atoms with E-state index in [0.29, 0.717) is 32.6 Å². The van der Waals surface area contributed by atoms with Crippen LogP contribution in [0.1, 0.15) is 12.5 Å². The summed E-state index contributed by atoms with van der Waals surface area (Å²) in [7, 11) is 0. The largest absolute Gasteiger partial charge is 0.487 e. The minimum Gasteiger partial charge on any atom is -0.487 e. The Morgan fingerprint density at radius 1 is 1.45 bits per heavy atom. The van der Waals surface area contributed by atoms with E-state index in [2.05, 4.69) is 16.6 Å². The van der Waals surface area contributed by atoms with Crippen LogP contribution in [0, 0.1) is 0 Å². The van der Waals surface area contributed by atoms with Crippen LogP contribution in [-0.2, 0) is 9.63 Å². The highest BCUT2D eigenvalue weighted by Gasteiger charge is 2.23. The Hall–Kier alpha value is -1.78. The molecular weight excluding hydrogens is 301 g/mol. The van der Waals surface area contributed by atoms with Gasteiger partial charge in [0.25, 0.3) is 0 Å². The molecule has 0 spiro atoms. The van der Waals surface area contributed by atoms with Gasteiger partial charge in [-0.15, -0.1) is 0 Å². The predicted octanol–water partition coefficient (Wildman–Crippen LogP) is 3.87. The normalized spacial score (nSPS) is 16.1. The highest BCUT2D eigenvalue weighted by molar-refractivity contribution is 6.36. The van der Waals surface area contributed by atoms with Crippen LogP contribution in [0.4, 0.5) is 0 Å². The molecule has 0 aliphatic carbocycles. The van der Waals surface area contributed by atoms with Gasteiger partial charge in [-0.2, -0.15) is 0 Å². The van der Waals surface area contributed by atoms with Gasteiger partial charge in [0.05, 0.1) is 16.3 Å². The van der Waals surface area contributed by atoms with E-state index in [4.69, 9.17) is 27.9 Å². The molecule has 1 heterocycles. The lowest BCUT2D eigenvalue weighted by atomic mass is 10.1. The summed E-state index contributed by atoms with van der Waals surface area (Å²) < 4.78 is 5.51. The Labute approximate surface area is 126 Å². The van der Waals surface area contributed by atoms with E-state index in [-0.39, 0.29) is 6.61 Å². The summed E-state index contributed by atoms with van der Waals surface area (Å²) in [5.74, 6) is -0.0933. The predicted molar refractivity (Wildman–Crippen MR) is 79.3 cm³/mol. The zero-order chi connectivity index (χ0) is 14.7. The lowest BCUT2D eigenvalue weighted by Crippen LogP contribution is -2.03. The van der Waals surface area contributed by atoms with Crippen molar-refractivity contribution < 1.29 is 14.4 Å². The van der Waals surface area contributed by atoms with Crippen molar-refractivity contribution in [3.05, 3.63) is 46.0 Å². The zero-order valence-corrected chi connectivity index (χ0v) is 12.2. The van der Waals surface area contributed by atoms with Crippen LogP contribution < -0.4 is 4.74 Å². The second-order valence-electron chi connectivity index (χ2n) is 4.02. The van der Waals surface area contributed by atoms with Crippen LogP contribution >= 0.6 is 23.2 Å². The van der Waals surface area contributed by atoms with Crippen LogP contribution in [0.25, 0.3) is 6.08 Å². The molecule has 1 aliphatic rings. The third-order valence-electron chi connectivity index (χ3n) is 2.56. The van der Waals surface area contributed by atoms with Crippen molar-refractivity contribution in [1.29, 1.82) is 0 Å². The fourth-order valence-electron chi connectivity index (χ4n) is 1.66. The smallest absolute Gasteiger partial charge is 0.367 e. The summed E-state index contributed by atoms with van der Waals surface area (Å²) in [6.07, 6.45) is 3.18. The minimum absolute atomic E-state index is 0.287. The molecule has 0 N–H and O–H groups in total. The van der Waals surface area contributed by atoms with E-state index in [1.54, 1.807) is 31.2 Å². The number of carbonyl (C=O) groups excluding carboxylic acids is 1. The first-order valence-corrected chi connectivity index (χ1v) is 6.49. The van der Waals surface area contributed by atoms with E-state index < -0.39 is 5.97 Å². The third-order valence-corrected chi connectivity index (χ3v) is 3.06. The van der Waals surface area contributed by atoms with Gasteiger partial charge < -0.3 is 9.57 Å². The van der Waals surface area contributed by atoms with Gasteiger partial charge in [0.1, 0.15) is 12.4 Å². The zero-order valence-electron chi connectivity index (χ0n) is 10.7. The second-order valence-corrected chi connectivity index (χ2v) is 4.86. The molecule has 2 rings (SSSR count). The molecule has 1 aromatic rings. The number of benzene rings is 1. The Bertz CT molecular complexity index is 636. The lowest BCUT2D eigenvalue weighted by molar-refractivity contribution is -0.136. The molecule has 6 heteroatoms. The van der Waals surface area contributed by atoms with Crippen molar-refractivity contribution in [3.8, 4) is 5.75 Å². The van der Waals surface area contributed by atoms with E-state index in [1.165, 1.54) is 0 Å². The molecular formula is C14H11Cl2NO3. The SMILES string of the molecule is C=CCOc1c(Cl)cc(Cl)cc1/C=C1\C(=O)ON=C1C. The van der Waals surface area contributed by atoms with Gasteiger partial charge in [0.2, 0.25) is 0 Å². The van der Waals surface area contributed by atoms with Crippen molar-refractivity contribution >= 4 is 41.0 Å². The molecule has 0 amide bonds. The summed E-state index contributed by atoms with van der Waals surface area (Å²) in [6.45, 7) is 5.54. The number of rotatable bonds is 4. The van der Waals surface area contributed by atoms with Crippen molar-refractivity contribution in [2.24, 2.45) is 5.16 Å². The van der Waals surface area contributed by atoms with Gasteiger partial charge >= 0.3 is 5.97 Å². The Morgan fingerprint density at radius 2 is 2.20 bits per heavy atom. The van der Waals surface area contributed by atoms with E-state index in [1.807, 2.05) is 0 Å². The molecule has 20 heavy (non-hydrogen) atoms. The number of oxime groups is 1. The maximum Gasteiger partial charge on any atom is 0.367 e. The van der Waals surface area contributed by atoms with Crippen molar-refractivity contribution in [1.82, 2.24) is 0 Å². The summed E-state index contributed by atoms with van der Waals surface area (Å²) >= 11 is 12.1. The van der Waals surface area contributed by atoms with Crippen LogP contribution in [0.15, 0.2) is 35.5 Å². The monoisotopic (exact) mass is 311 g/mol. The maximum atomic E-state index is 11.6. The van der Waals surface area contributed by atoms with Crippen LogP contribution in [0.2, 0.25) is 10.0 Å². The fraction of sp³-hybridized carbons (Fsp3) is 0.143. The second kappa shape index (κ2) is 6.11. The number of halogens is 2. The average Bonchev–Trinajstić information content (AvgIpc) is 2.69. The molecule has 104 valence electrons. The highest BCUT2D eigenvalue weighted by atomic mass is 35.5. The van der Waals surface area contributed by atoms with Gasteiger partial charge in [0.15, 0.2) is 0 Å². The molecule has 0 bridgehead atoms. The molecule has 0 saturated carbocycles. The highest BCUT2D eigenvalue weighted by Crippen LogP contribution is 2.34. The molecule has 0 aromatic heterocycles. The van der Waals surface area contributed by atoms with E-state index in [0.717, 1.165) is 0 Å². The average molecular weight is 312 g/mol. The molecule has 0 atom stereocenters. The Morgan fingerprint density at radius 3 is 2.80 bits per heavy atom. The first-order valence-electron chi connectivity index (χ1n) is 5.73.